The van der Waals surface area contributed by atoms with Crippen LogP contribution in [0.25, 0.3) is 0 Å². The zero-order valence-corrected chi connectivity index (χ0v) is 6.54. The Bertz CT molecular complexity index is 179. The highest BCUT2D eigenvalue weighted by Gasteiger charge is 1.93. The summed E-state index contributed by atoms with van der Waals surface area (Å²) >= 11 is 0. The van der Waals surface area contributed by atoms with Gasteiger partial charge in [-0.15, -0.1) is 0 Å². The SMILES string of the molecule is CCCCOC(=O)/C=C/C#N. The highest BCUT2D eigenvalue weighted by Crippen LogP contribution is 1.89. The van der Waals surface area contributed by atoms with Crippen LogP contribution in [0.5, 0.6) is 0 Å². The molecule has 0 heterocycles. The van der Waals surface area contributed by atoms with Crippen molar-refractivity contribution in [3.05, 3.63) is 12.2 Å². The number of nitriles is 1. The largest absolute Gasteiger partial charge is 0.463 e. The maximum Gasteiger partial charge on any atom is 0.331 e. The number of nitrogens with zero attached hydrogens (tertiary/aromatic N) is 1. The molecule has 0 spiro atoms. The summed E-state index contributed by atoms with van der Waals surface area (Å²) in [5, 5.41) is 8.04. The first-order valence-corrected chi connectivity index (χ1v) is 3.54. The highest BCUT2D eigenvalue weighted by molar-refractivity contribution is 5.82. The molecule has 0 aromatic carbocycles. The third-order valence-electron chi connectivity index (χ3n) is 1.04. The van der Waals surface area contributed by atoms with Crippen molar-refractivity contribution >= 4 is 5.97 Å². The molecule has 3 heteroatoms. The Morgan fingerprint density at radius 1 is 1.73 bits per heavy atom. The monoisotopic (exact) mass is 153 g/mol. The van der Waals surface area contributed by atoms with Gasteiger partial charge in [0.15, 0.2) is 0 Å². The lowest BCUT2D eigenvalue weighted by molar-refractivity contribution is -0.137. The molecule has 60 valence electrons. The molecule has 0 N–H and O–H groups in total. The van der Waals surface area contributed by atoms with Crippen molar-refractivity contribution in [1.29, 1.82) is 5.26 Å². The number of unbranched alkanes of at least 4 members (excludes halogenated alkanes) is 1. The molecule has 0 rings (SSSR count). The summed E-state index contributed by atoms with van der Waals surface area (Å²) in [5.74, 6) is -0.444. The van der Waals surface area contributed by atoms with Gasteiger partial charge in [0, 0.05) is 12.2 Å². The predicted molar refractivity (Wildman–Crippen MR) is 40.6 cm³/mol. The van der Waals surface area contributed by atoms with Gasteiger partial charge in [-0.2, -0.15) is 5.26 Å². The first kappa shape index (κ1) is 9.70. The Balaban J connectivity index is 3.39. The minimum atomic E-state index is -0.444. The standard InChI is InChI=1S/C8H11NO2/c1-2-3-7-11-8(10)5-4-6-9/h4-5H,2-3,7H2,1H3/b5-4+. The van der Waals surface area contributed by atoms with E-state index in [1.165, 1.54) is 0 Å². The Hall–Kier alpha value is -1.30. The Morgan fingerprint density at radius 2 is 2.45 bits per heavy atom. The average Bonchev–Trinajstić information content (AvgIpc) is 2.01. The Labute approximate surface area is 66.3 Å². The minimum Gasteiger partial charge on any atom is -0.463 e. The van der Waals surface area contributed by atoms with E-state index < -0.39 is 5.97 Å². The van der Waals surface area contributed by atoms with E-state index >= 15 is 0 Å². The molecular weight excluding hydrogens is 142 g/mol. The van der Waals surface area contributed by atoms with Gasteiger partial charge in [-0.05, 0) is 6.42 Å². The van der Waals surface area contributed by atoms with Crippen molar-refractivity contribution in [2.45, 2.75) is 19.8 Å². The van der Waals surface area contributed by atoms with Crippen LogP contribution in [0.2, 0.25) is 0 Å². The minimum absolute atomic E-state index is 0.436. The van der Waals surface area contributed by atoms with E-state index in [0.29, 0.717) is 6.61 Å². The quantitative estimate of drug-likeness (QED) is 0.265. The fourth-order valence-electron chi connectivity index (χ4n) is 0.471. The van der Waals surface area contributed by atoms with Crippen molar-refractivity contribution in [2.24, 2.45) is 0 Å². The van der Waals surface area contributed by atoms with E-state index in [-0.39, 0.29) is 0 Å². The summed E-state index contributed by atoms with van der Waals surface area (Å²) in [5.41, 5.74) is 0. The van der Waals surface area contributed by atoms with Crippen molar-refractivity contribution in [2.75, 3.05) is 6.61 Å². The van der Waals surface area contributed by atoms with Gasteiger partial charge in [0.25, 0.3) is 0 Å². The molecule has 0 radical (unpaired) electrons. The number of hydrogen-bond acceptors (Lipinski definition) is 3. The number of ether oxygens (including phenoxy) is 1. The number of carbonyl (C=O) groups excluding carboxylic acids is 1. The third kappa shape index (κ3) is 6.59. The molecule has 0 aliphatic rings. The molecule has 0 saturated heterocycles. The topological polar surface area (TPSA) is 50.1 Å². The zero-order chi connectivity index (χ0) is 8.53. The van der Waals surface area contributed by atoms with Crippen LogP contribution in [0, 0.1) is 11.3 Å². The lowest BCUT2D eigenvalue weighted by Crippen LogP contribution is -2.01. The number of esters is 1. The molecule has 3 nitrogen and oxygen atoms in total. The molecule has 0 fully saturated rings. The van der Waals surface area contributed by atoms with Crippen LogP contribution in [0.15, 0.2) is 12.2 Å². The lowest BCUT2D eigenvalue weighted by atomic mass is 10.4. The van der Waals surface area contributed by atoms with Crippen LogP contribution < -0.4 is 0 Å². The maximum absolute atomic E-state index is 10.6. The van der Waals surface area contributed by atoms with E-state index in [1.54, 1.807) is 6.07 Å². The maximum atomic E-state index is 10.6. The second kappa shape index (κ2) is 6.81. The van der Waals surface area contributed by atoms with E-state index in [9.17, 15) is 4.79 Å². The second-order valence-corrected chi connectivity index (χ2v) is 1.98. The van der Waals surface area contributed by atoms with Crippen LogP contribution in [0.1, 0.15) is 19.8 Å². The van der Waals surface area contributed by atoms with Gasteiger partial charge in [-0.25, -0.2) is 4.79 Å². The molecule has 0 unspecified atom stereocenters. The smallest absolute Gasteiger partial charge is 0.331 e. The van der Waals surface area contributed by atoms with Gasteiger partial charge < -0.3 is 4.74 Å². The second-order valence-electron chi connectivity index (χ2n) is 1.98. The number of carbonyl (C=O) groups is 1. The first-order chi connectivity index (χ1) is 5.31. The van der Waals surface area contributed by atoms with Gasteiger partial charge in [0.05, 0.1) is 12.7 Å². The molecule has 0 aliphatic carbocycles. The van der Waals surface area contributed by atoms with Crippen molar-refractivity contribution < 1.29 is 9.53 Å². The van der Waals surface area contributed by atoms with Crippen molar-refractivity contribution in [3.63, 3.8) is 0 Å². The van der Waals surface area contributed by atoms with Crippen LogP contribution in [0.3, 0.4) is 0 Å². The molecule has 0 aliphatic heterocycles. The molecule has 0 atom stereocenters. The molecule has 0 aromatic heterocycles. The van der Waals surface area contributed by atoms with Gasteiger partial charge in [0.1, 0.15) is 0 Å². The Kier molecular flexibility index (Phi) is 6.01. The molecule has 11 heavy (non-hydrogen) atoms. The van der Waals surface area contributed by atoms with Gasteiger partial charge >= 0.3 is 5.97 Å². The summed E-state index contributed by atoms with van der Waals surface area (Å²) in [6.45, 7) is 2.45. The van der Waals surface area contributed by atoms with Crippen molar-refractivity contribution in [1.82, 2.24) is 0 Å². The summed E-state index contributed by atoms with van der Waals surface area (Å²) in [4.78, 5) is 10.6. The fourth-order valence-corrected chi connectivity index (χ4v) is 0.471. The Morgan fingerprint density at radius 3 is 3.00 bits per heavy atom. The molecule has 0 amide bonds. The van der Waals surface area contributed by atoms with Gasteiger partial charge in [-0.3, -0.25) is 0 Å². The van der Waals surface area contributed by atoms with Gasteiger partial charge in [-0.1, -0.05) is 13.3 Å². The molecule has 0 saturated carbocycles. The van der Waals surface area contributed by atoms with Crippen LogP contribution in [-0.4, -0.2) is 12.6 Å². The zero-order valence-electron chi connectivity index (χ0n) is 6.54. The molecule has 0 bridgehead atoms. The first-order valence-electron chi connectivity index (χ1n) is 3.54. The number of allylic oxidation sites excluding steroid dienone is 1. The normalized spacial score (nSPS) is 9.45. The molecular formula is C8H11NO2. The van der Waals surface area contributed by atoms with Crippen LogP contribution in [-0.2, 0) is 9.53 Å². The number of rotatable bonds is 4. The van der Waals surface area contributed by atoms with E-state index in [1.807, 2.05) is 6.92 Å². The molecule has 0 aromatic rings. The highest BCUT2D eigenvalue weighted by atomic mass is 16.5. The summed E-state index contributed by atoms with van der Waals surface area (Å²) < 4.78 is 4.71. The predicted octanol–water partition coefficient (Wildman–Crippen LogP) is 1.41. The van der Waals surface area contributed by atoms with Crippen LogP contribution >= 0.6 is 0 Å². The number of hydrogen-bond donors (Lipinski definition) is 0. The van der Waals surface area contributed by atoms with E-state index in [2.05, 4.69) is 0 Å². The van der Waals surface area contributed by atoms with Gasteiger partial charge in [0.2, 0.25) is 0 Å². The average molecular weight is 153 g/mol. The van der Waals surface area contributed by atoms with Crippen molar-refractivity contribution in [3.8, 4) is 6.07 Å². The summed E-state index contributed by atoms with van der Waals surface area (Å²) in [6.07, 6.45) is 4.09. The summed E-state index contributed by atoms with van der Waals surface area (Å²) in [7, 11) is 0. The van der Waals surface area contributed by atoms with E-state index in [4.69, 9.17) is 10.00 Å². The van der Waals surface area contributed by atoms with Crippen LogP contribution in [0.4, 0.5) is 0 Å². The van der Waals surface area contributed by atoms with E-state index in [0.717, 1.165) is 25.0 Å². The lowest BCUT2D eigenvalue weighted by Gasteiger charge is -1.97. The summed E-state index contributed by atoms with van der Waals surface area (Å²) in [6, 6.07) is 1.71. The third-order valence-corrected chi connectivity index (χ3v) is 1.04. The fraction of sp³-hybridized carbons (Fsp3) is 0.500.